The lowest BCUT2D eigenvalue weighted by atomic mass is 10.0. The van der Waals surface area contributed by atoms with Crippen molar-refractivity contribution in [2.24, 2.45) is 0 Å². The van der Waals surface area contributed by atoms with E-state index >= 15 is 0 Å². The van der Waals surface area contributed by atoms with Crippen LogP contribution < -0.4 is 11.1 Å². The maximum atomic E-state index is 11.2. The van der Waals surface area contributed by atoms with Crippen molar-refractivity contribution in [2.45, 2.75) is 19.3 Å². The van der Waals surface area contributed by atoms with Gasteiger partial charge in [-0.15, -0.1) is 0 Å². The van der Waals surface area contributed by atoms with Crippen LogP contribution in [0.5, 0.6) is 0 Å². The predicted molar refractivity (Wildman–Crippen MR) is 57.0 cm³/mol. The van der Waals surface area contributed by atoms with Crippen molar-refractivity contribution in [3.05, 3.63) is 24.3 Å². The van der Waals surface area contributed by atoms with Gasteiger partial charge in [0, 0.05) is 18.2 Å². The Morgan fingerprint density at radius 2 is 2.27 bits per heavy atom. The summed E-state index contributed by atoms with van der Waals surface area (Å²) >= 11 is 0. The third kappa shape index (κ3) is 2.31. The molecule has 0 atom stereocenters. The minimum Gasteiger partial charge on any atom is -0.382 e. The fourth-order valence-electron chi connectivity index (χ4n) is 1.50. The molecule has 78 valence electrons. The van der Waals surface area contributed by atoms with Crippen LogP contribution in [0.25, 0.3) is 0 Å². The molecule has 1 aliphatic rings. The number of hydrogen-bond acceptors (Lipinski definition) is 5. The second-order valence-electron chi connectivity index (χ2n) is 3.44. The Morgan fingerprint density at radius 1 is 1.40 bits per heavy atom. The first kappa shape index (κ1) is 9.64. The smallest absolute Gasteiger partial charge is 0.157 e. The van der Waals surface area contributed by atoms with Gasteiger partial charge in [-0.3, -0.25) is 4.79 Å². The van der Waals surface area contributed by atoms with Crippen molar-refractivity contribution in [2.75, 3.05) is 11.1 Å². The lowest BCUT2D eigenvalue weighted by molar-refractivity contribution is -0.115. The third-order valence-corrected chi connectivity index (χ3v) is 2.24. The van der Waals surface area contributed by atoms with Gasteiger partial charge in [0.1, 0.15) is 6.33 Å². The molecule has 1 heterocycles. The lowest BCUT2D eigenvalue weighted by Crippen LogP contribution is -2.10. The summed E-state index contributed by atoms with van der Waals surface area (Å²) in [6.45, 7) is 0. The molecule has 0 radical (unpaired) electrons. The zero-order valence-corrected chi connectivity index (χ0v) is 8.23. The van der Waals surface area contributed by atoms with Crippen molar-refractivity contribution in [1.29, 1.82) is 0 Å². The highest BCUT2D eigenvalue weighted by Crippen LogP contribution is 2.20. The molecule has 0 fully saturated rings. The molecule has 1 aromatic rings. The molecule has 0 aromatic carbocycles. The van der Waals surface area contributed by atoms with Crippen LogP contribution in [0.15, 0.2) is 24.3 Å². The van der Waals surface area contributed by atoms with E-state index in [2.05, 4.69) is 15.3 Å². The summed E-state index contributed by atoms with van der Waals surface area (Å²) in [7, 11) is 0. The standard InChI is InChI=1S/C10H12N4O/c11-10-9(5-12-6-13-10)14-7-2-1-3-8(15)4-7/h4-6,14H,1-3H2,(H2,11,12,13). The Morgan fingerprint density at radius 3 is 3.00 bits per heavy atom. The second-order valence-corrected chi connectivity index (χ2v) is 3.44. The van der Waals surface area contributed by atoms with Crippen LogP contribution in [0, 0.1) is 0 Å². The topological polar surface area (TPSA) is 80.9 Å². The molecule has 2 rings (SSSR count). The van der Waals surface area contributed by atoms with E-state index in [4.69, 9.17) is 5.73 Å². The number of carbonyl (C=O) groups excluding carboxylic acids is 1. The highest BCUT2D eigenvalue weighted by molar-refractivity contribution is 5.91. The molecule has 5 nitrogen and oxygen atoms in total. The summed E-state index contributed by atoms with van der Waals surface area (Å²) < 4.78 is 0. The van der Waals surface area contributed by atoms with Gasteiger partial charge in [0.15, 0.2) is 11.6 Å². The zero-order valence-electron chi connectivity index (χ0n) is 8.23. The number of allylic oxidation sites excluding steroid dienone is 2. The molecule has 1 aliphatic carbocycles. The molecule has 0 unspecified atom stereocenters. The molecule has 0 bridgehead atoms. The molecule has 0 saturated heterocycles. The molecule has 0 aliphatic heterocycles. The number of aromatic nitrogens is 2. The minimum atomic E-state index is 0.152. The molecule has 5 heteroatoms. The normalized spacial score (nSPS) is 16.0. The summed E-state index contributed by atoms with van der Waals surface area (Å²) in [5, 5.41) is 3.07. The maximum absolute atomic E-state index is 11.2. The van der Waals surface area contributed by atoms with E-state index in [1.165, 1.54) is 6.33 Å². The largest absolute Gasteiger partial charge is 0.382 e. The van der Waals surface area contributed by atoms with Crippen LogP contribution in [0.1, 0.15) is 19.3 Å². The number of hydrogen-bond donors (Lipinski definition) is 2. The van der Waals surface area contributed by atoms with Crippen molar-refractivity contribution >= 4 is 17.3 Å². The SMILES string of the molecule is Nc1ncncc1NC1=CC(=O)CCC1. The van der Waals surface area contributed by atoms with Crippen LogP contribution in [-0.2, 0) is 4.79 Å². The number of rotatable bonds is 2. The highest BCUT2D eigenvalue weighted by Gasteiger charge is 2.10. The summed E-state index contributed by atoms with van der Waals surface area (Å²) in [5.41, 5.74) is 7.18. The molecule has 0 amide bonds. The molecule has 15 heavy (non-hydrogen) atoms. The Kier molecular flexibility index (Phi) is 2.62. The molecule has 3 N–H and O–H groups in total. The first-order valence-corrected chi connectivity index (χ1v) is 4.81. The van der Waals surface area contributed by atoms with Crippen LogP contribution in [0.4, 0.5) is 11.5 Å². The summed E-state index contributed by atoms with van der Waals surface area (Å²) in [5.74, 6) is 0.545. The van der Waals surface area contributed by atoms with Gasteiger partial charge in [0.25, 0.3) is 0 Å². The van der Waals surface area contributed by atoms with Crippen molar-refractivity contribution in [1.82, 2.24) is 9.97 Å². The fraction of sp³-hybridized carbons (Fsp3) is 0.300. The van der Waals surface area contributed by atoms with Gasteiger partial charge < -0.3 is 11.1 Å². The van der Waals surface area contributed by atoms with Crippen LogP contribution in [-0.4, -0.2) is 15.8 Å². The molecule has 0 spiro atoms. The Hall–Kier alpha value is -1.91. The average molecular weight is 204 g/mol. The maximum Gasteiger partial charge on any atom is 0.157 e. The van der Waals surface area contributed by atoms with Crippen LogP contribution in [0.2, 0.25) is 0 Å². The van der Waals surface area contributed by atoms with E-state index in [9.17, 15) is 4.79 Å². The van der Waals surface area contributed by atoms with Gasteiger partial charge in [-0.1, -0.05) is 0 Å². The molecular formula is C10H12N4O. The predicted octanol–water partition coefficient (Wildman–Crippen LogP) is 1.11. The quantitative estimate of drug-likeness (QED) is 0.754. The zero-order chi connectivity index (χ0) is 10.7. The first-order chi connectivity index (χ1) is 7.25. The van der Waals surface area contributed by atoms with Gasteiger partial charge >= 0.3 is 0 Å². The van der Waals surface area contributed by atoms with E-state index in [1.807, 2.05) is 0 Å². The number of nitrogens with two attached hydrogens (primary N) is 1. The fourth-order valence-corrected chi connectivity index (χ4v) is 1.50. The van der Waals surface area contributed by atoms with E-state index in [1.54, 1.807) is 12.3 Å². The number of carbonyl (C=O) groups is 1. The van der Waals surface area contributed by atoms with Gasteiger partial charge in [-0.05, 0) is 12.8 Å². The number of nitrogen functional groups attached to an aromatic ring is 1. The van der Waals surface area contributed by atoms with Crippen molar-refractivity contribution in [3.8, 4) is 0 Å². The summed E-state index contributed by atoms with van der Waals surface area (Å²) in [6, 6.07) is 0. The average Bonchev–Trinajstić information content (AvgIpc) is 2.22. The third-order valence-electron chi connectivity index (χ3n) is 2.24. The number of nitrogens with one attached hydrogen (secondary N) is 1. The Balaban J connectivity index is 2.15. The van der Waals surface area contributed by atoms with E-state index < -0.39 is 0 Å². The second kappa shape index (κ2) is 4.08. The van der Waals surface area contributed by atoms with E-state index in [0.717, 1.165) is 18.5 Å². The number of nitrogens with zero attached hydrogens (tertiary/aromatic N) is 2. The lowest BCUT2D eigenvalue weighted by Gasteiger charge is -2.14. The molecule has 1 aromatic heterocycles. The number of anilines is 2. The Bertz CT molecular complexity index is 414. The Labute approximate surface area is 87.4 Å². The molecule has 0 saturated carbocycles. The van der Waals surface area contributed by atoms with Crippen LogP contribution in [0.3, 0.4) is 0 Å². The van der Waals surface area contributed by atoms with E-state index in [-0.39, 0.29) is 5.78 Å². The number of ketones is 1. The minimum absolute atomic E-state index is 0.152. The van der Waals surface area contributed by atoms with Gasteiger partial charge in [-0.25, -0.2) is 9.97 Å². The summed E-state index contributed by atoms with van der Waals surface area (Å²) in [6.07, 6.45) is 6.98. The van der Waals surface area contributed by atoms with Gasteiger partial charge in [0.2, 0.25) is 0 Å². The first-order valence-electron chi connectivity index (χ1n) is 4.81. The summed E-state index contributed by atoms with van der Waals surface area (Å²) in [4.78, 5) is 18.9. The van der Waals surface area contributed by atoms with Crippen molar-refractivity contribution in [3.63, 3.8) is 0 Å². The van der Waals surface area contributed by atoms with Crippen LogP contribution >= 0.6 is 0 Å². The van der Waals surface area contributed by atoms with Gasteiger partial charge in [0.05, 0.1) is 11.9 Å². The highest BCUT2D eigenvalue weighted by atomic mass is 16.1. The van der Waals surface area contributed by atoms with E-state index in [0.29, 0.717) is 17.9 Å². The van der Waals surface area contributed by atoms with Gasteiger partial charge in [-0.2, -0.15) is 0 Å². The molecular weight excluding hydrogens is 192 g/mol. The monoisotopic (exact) mass is 204 g/mol. The van der Waals surface area contributed by atoms with Crippen molar-refractivity contribution < 1.29 is 4.79 Å².